The molecule has 0 aliphatic carbocycles. The van der Waals surface area contributed by atoms with E-state index in [4.69, 9.17) is 4.74 Å². The summed E-state index contributed by atoms with van der Waals surface area (Å²) in [7, 11) is 1.62. The zero-order chi connectivity index (χ0) is 17.1. The van der Waals surface area contributed by atoms with Crippen molar-refractivity contribution in [3.8, 4) is 11.3 Å². The van der Waals surface area contributed by atoms with E-state index in [1.54, 1.807) is 30.2 Å². The van der Waals surface area contributed by atoms with Crippen LogP contribution < -0.4 is 5.32 Å². The Morgan fingerprint density at radius 2 is 2.08 bits per heavy atom. The second-order valence-electron chi connectivity index (χ2n) is 5.57. The summed E-state index contributed by atoms with van der Waals surface area (Å²) in [4.78, 5) is 21.0. The molecule has 7 heteroatoms. The second-order valence-corrected chi connectivity index (χ2v) is 5.57. The van der Waals surface area contributed by atoms with Gasteiger partial charge < -0.3 is 10.1 Å². The van der Waals surface area contributed by atoms with Gasteiger partial charge in [-0.3, -0.25) is 9.78 Å². The summed E-state index contributed by atoms with van der Waals surface area (Å²) in [6, 6.07) is 5.51. The summed E-state index contributed by atoms with van der Waals surface area (Å²) in [5.74, 6) is -0.225. The summed E-state index contributed by atoms with van der Waals surface area (Å²) in [6.45, 7) is 3.80. The van der Waals surface area contributed by atoms with E-state index in [1.807, 2.05) is 32.0 Å². The van der Waals surface area contributed by atoms with Gasteiger partial charge in [-0.15, -0.1) is 0 Å². The standard InChI is InChI=1S/C17H19N5O2/c1-11(12(2)24-3)21-17(23)14-10-20-22-15(6-8-19-16(14)22)13-5-4-7-18-9-13/h4-12H,1-3H3,(H,21,23)/t11-,12?/m0/s1. The van der Waals surface area contributed by atoms with Crippen LogP contribution >= 0.6 is 0 Å². The molecule has 24 heavy (non-hydrogen) atoms. The maximum atomic E-state index is 12.5. The Bertz CT molecular complexity index is 847. The van der Waals surface area contributed by atoms with Gasteiger partial charge in [0, 0.05) is 31.3 Å². The number of methoxy groups -OCH3 is 1. The Morgan fingerprint density at radius 3 is 2.79 bits per heavy atom. The molecule has 0 saturated carbocycles. The van der Waals surface area contributed by atoms with E-state index in [0.717, 1.165) is 11.3 Å². The van der Waals surface area contributed by atoms with Crippen LogP contribution in [0.5, 0.6) is 0 Å². The Hall–Kier alpha value is -2.80. The van der Waals surface area contributed by atoms with Crippen molar-refractivity contribution < 1.29 is 9.53 Å². The van der Waals surface area contributed by atoms with E-state index in [9.17, 15) is 4.79 Å². The predicted octanol–water partition coefficient (Wildman–Crippen LogP) is 1.94. The highest BCUT2D eigenvalue weighted by Crippen LogP contribution is 2.20. The average molecular weight is 325 g/mol. The highest BCUT2D eigenvalue weighted by atomic mass is 16.5. The van der Waals surface area contributed by atoms with Crippen molar-refractivity contribution in [1.29, 1.82) is 0 Å². The molecule has 2 atom stereocenters. The Morgan fingerprint density at radius 1 is 1.25 bits per heavy atom. The van der Waals surface area contributed by atoms with Crippen molar-refractivity contribution in [2.24, 2.45) is 0 Å². The Balaban J connectivity index is 1.96. The van der Waals surface area contributed by atoms with Gasteiger partial charge in [-0.1, -0.05) is 0 Å². The lowest BCUT2D eigenvalue weighted by Crippen LogP contribution is -2.40. The number of hydrogen-bond donors (Lipinski definition) is 1. The first-order chi connectivity index (χ1) is 11.6. The molecule has 3 aromatic rings. The van der Waals surface area contributed by atoms with E-state index < -0.39 is 0 Å². The SMILES string of the molecule is COC(C)[C@H](C)NC(=O)c1cnn2c(-c3cccnc3)ccnc12. The minimum atomic E-state index is -0.225. The summed E-state index contributed by atoms with van der Waals surface area (Å²) in [6.07, 6.45) is 6.56. The molecular weight excluding hydrogens is 306 g/mol. The fourth-order valence-electron chi connectivity index (χ4n) is 2.39. The first-order valence-electron chi connectivity index (χ1n) is 7.68. The lowest BCUT2D eigenvalue weighted by Gasteiger charge is -2.19. The fourth-order valence-corrected chi connectivity index (χ4v) is 2.39. The van der Waals surface area contributed by atoms with Crippen LogP contribution in [0.3, 0.4) is 0 Å². The summed E-state index contributed by atoms with van der Waals surface area (Å²) >= 11 is 0. The molecule has 1 unspecified atom stereocenters. The van der Waals surface area contributed by atoms with Crippen LogP contribution in [0.25, 0.3) is 16.9 Å². The van der Waals surface area contributed by atoms with Gasteiger partial charge in [0.15, 0.2) is 5.65 Å². The molecule has 0 fully saturated rings. The van der Waals surface area contributed by atoms with Crippen molar-refractivity contribution in [1.82, 2.24) is 24.9 Å². The van der Waals surface area contributed by atoms with Gasteiger partial charge in [-0.2, -0.15) is 5.10 Å². The zero-order valence-corrected chi connectivity index (χ0v) is 13.8. The highest BCUT2D eigenvalue weighted by molar-refractivity contribution is 6.00. The number of rotatable bonds is 5. The fraction of sp³-hybridized carbons (Fsp3) is 0.294. The number of nitrogens with one attached hydrogen (secondary N) is 1. The topological polar surface area (TPSA) is 81.4 Å². The number of fused-ring (bicyclic) bond motifs is 1. The molecule has 3 heterocycles. The molecule has 0 bridgehead atoms. The van der Waals surface area contributed by atoms with E-state index in [0.29, 0.717) is 11.2 Å². The third kappa shape index (κ3) is 2.98. The Labute approximate surface area is 139 Å². The molecule has 0 saturated heterocycles. The normalized spacial score (nSPS) is 13.6. The highest BCUT2D eigenvalue weighted by Gasteiger charge is 2.20. The number of hydrogen-bond acceptors (Lipinski definition) is 5. The van der Waals surface area contributed by atoms with E-state index in [-0.39, 0.29) is 18.1 Å². The summed E-state index contributed by atoms with van der Waals surface area (Å²) in [5.41, 5.74) is 2.66. The molecule has 0 aliphatic rings. The quantitative estimate of drug-likeness (QED) is 0.775. The zero-order valence-electron chi connectivity index (χ0n) is 13.8. The predicted molar refractivity (Wildman–Crippen MR) is 89.6 cm³/mol. The molecule has 7 nitrogen and oxygen atoms in total. The second kappa shape index (κ2) is 6.76. The van der Waals surface area contributed by atoms with Crippen LogP contribution in [0, 0.1) is 0 Å². The van der Waals surface area contributed by atoms with Gasteiger partial charge in [0.2, 0.25) is 0 Å². The number of carbonyl (C=O) groups excluding carboxylic acids is 1. The van der Waals surface area contributed by atoms with Crippen LogP contribution in [0.2, 0.25) is 0 Å². The van der Waals surface area contributed by atoms with Crippen molar-refractivity contribution in [2.75, 3.05) is 7.11 Å². The van der Waals surface area contributed by atoms with Crippen molar-refractivity contribution in [3.05, 3.63) is 48.5 Å². The molecule has 1 N–H and O–H groups in total. The molecule has 3 aromatic heterocycles. The number of pyridine rings is 1. The number of amides is 1. The molecule has 0 spiro atoms. The molecule has 124 valence electrons. The maximum Gasteiger partial charge on any atom is 0.257 e. The van der Waals surface area contributed by atoms with Crippen molar-refractivity contribution in [3.63, 3.8) is 0 Å². The van der Waals surface area contributed by atoms with Crippen molar-refractivity contribution in [2.45, 2.75) is 26.0 Å². The van der Waals surface area contributed by atoms with Crippen LogP contribution in [0.15, 0.2) is 43.0 Å². The first kappa shape index (κ1) is 16.1. The molecule has 1 amide bonds. The van der Waals surface area contributed by atoms with Crippen LogP contribution in [-0.2, 0) is 4.74 Å². The maximum absolute atomic E-state index is 12.5. The van der Waals surface area contributed by atoms with Crippen LogP contribution in [0.4, 0.5) is 0 Å². The van der Waals surface area contributed by atoms with E-state index in [1.165, 1.54) is 6.20 Å². The summed E-state index contributed by atoms with van der Waals surface area (Å²) < 4.78 is 6.89. The number of nitrogens with zero attached hydrogens (tertiary/aromatic N) is 4. The number of aromatic nitrogens is 4. The monoisotopic (exact) mass is 325 g/mol. The van der Waals surface area contributed by atoms with Gasteiger partial charge in [-0.05, 0) is 32.0 Å². The lowest BCUT2D eigenvalue weighted by molar-refractivity contribution is 0.0736. The molecule has 3 rings (SSSR count). The Kier molecular flexibility index (Phi) is 4.52. The summed E-state index contributed by atoms with van der Waals surface area (Å²) in [5, 5.41) is 7.24. The van der Waals surface area contributed by atoms with E-state index >= 15 is 0 Å². The minimum Gasteiger partial charge on any atom is -0.380 e. The smallest absolute Gasteiger partial charge is 0.257 e. The molecular formula is C17H19N5O2. The van der Waals surface area contributed by atoms with Crippen LogP contribution in [-0.4, -0.2) is 44.7 Å². The van der Waals surface area contributed by atoms with Crippen molar-refractivity contribution >= 4 is 11.6 Å². The lowest BCUT2D eigenvalue weighted by atomic mass is 10.2. The molecule has 0 radical (unpaired) electrons. The van der Waals surface area contributed by atoms with E-state index in [2.05, 4.69) is 20.4 Å². The van der Waals surface area contributed by atoms with Crippen LogP contribution in [0.1, 0.15) is 24.2 Å². The largest absolute Gasteiger partial charge is 0.380 e. The third-order valence-corrected chi connectivity index (χ3v) is 4.04. The number of carbonyl (C=O) groups is 1. The first-order valence-corrected chi connectivity index (χ1v) is 7.68. The van der Waals surface area contributed by atoms with Gasteiger partial charge in [0.25, 0.3) is 5.91 Å². The molecule has 0 aliphatic heterocycles. The third-order valence-electron chi connectivity index (χ3n) is 4.04. The van der Waals surface area contributed by atoms with Gasteiger partial charge >= 0.3 is 0 Å². The van der Waals surface area contributed by atoms with Gasteiger partial charge in [0.05, 0.1) is 24.0 Å². The average Bonchev–Trinajstić information content (AvgIpc) is 3.05. The molecule has 0 aromatic carbocycles. The minimum absolute atomic E-state index is 0.0882. The van der Waals surface area contributed by atoms with Gasteiger partial charge in [0.1, 0.15) is 5.56 Å². The number of ether oxygens (including phenoxy) is 1. The van der Waals surface area contributed by atoms with Gasteiger partial charge in [-0.25, -0.2) is 9.50 Å².